The van der Waals surface area contributed by atoms with E-state index in [1.807, 2.05) is 0 Å². The number of aromatic nitrogens is 2. The minimum absolute atomic E-state index is 0.440. The summed E-state index contributed by atoms with van der Waals surface area (Å²) in [6.45, 7) is 8.61. The van der Waals surface area contributed by atoms with Crippen molar-refractivity contribution in [1.29, 1.82) is 0 Å². The lowest BCUT2D eigenvalue weighted by Gasteiger charge is -2.14. The standard InChI is InChI=1S/C10H16N2S/c1-6(2)8-9(7(3)4)11-5-12-10(8)13/h5-7H,1-4H3,(H,11,12,13). The van der Waals surface area contributed by atoms with Crippen LogP contribution in [0.1, 0.15) is 50.8 Å². The summed E-state index contributed by atoms with van der Waals surface area (Å²) >= 11 is 5.20. The Bertz CT molecular complexity index is 339. The molecule has 0 aliphatic rings. The molecule has 13 heavy (non-hydrogen) atoms. The molecule has 0 atom stereocenters. The Hall–Kier alpha value is -0.700. The van der Waals surface area contributed by atoms with E-state index < -0.39 is 0 Å². The Balaban J connectivity index is 3.35. The molecule has 0 bridgehead atoms. The van der Waals surface area contributed by atoms with Gasteiger partial charge in [0, 0.05) is 11.3 Å². The van der Waals surface area contributed by atoms with E-state index in [0.29, 0.717) is 11.8 Å². The quantitative estimate of drug-likeness (QED) is 0.734. The highest BCUT2D eigenvalue weighted by molar-refractivity contribution is 7.71. The summed E-state index contributed by atoms with van der Waals surface area (Å²) in [6.07, 6.45) is 1.68. The first kappa shape index (κ1) is 10.4. The van der Waals surface area contributed by atoms with Gasteiger partial charge in [0.2, 0.25) is 0 Å². The van der Waals surface area contributed by atoms with E-state index in [2.05, 4.69) is 37.7 Å². The Morgan fingerprint density at radius 2 is 1.85 bits per heavy atom. The zero-order valence-electron chi connectivity index (χ0n) is 8.59. The molecule has 1 rings (SSSR count). The second kappa shape index (κ2) is 4.01. The maximum atomic E-state index is 5.20. The van der Waals surface area contributed by atoms with Gasteiger partial charge >= 0.3 is 0 Å². The number of nitrogens with zero attached hydrogens (tertiary/aromatic N) is 1. The average Bonchev–Trinajstić information content (AvgIpc) is 2.02. The van der Waals surface area contributed by atoms with Gasteiger partial charge in [0.05, 0.1) is 6.33 Å². The molecule has 0 saturated carbocycles. The predicted octanol–water partition coefficient (Wildman–Crippen LogP) is 3.39. The van der Waals surface area contributed by atoms with Crippen LogP contribution in [0.4, 0.5) is 0 Å². The molecule has 2 nitrogen and oxygen atoms in total. The largest absolute Gasteiger partial charge is 0.349 e. The summed E-state index contributed by atoms with van der Waals surface area (Å²) in [7, 11) is 0. The zero-order chi connectivity index (χ0) is 10.0. The van der Waals surface area contributed by atoms with E-state index in [1.54, 1.807) is 6.33 Å². The van der Waals surface area contributed by atoms with Crippen LogP contribution < -0.4 is 0 Å². The topological polar surface area (TPSA) is 28.7 Å². The Morgan fingerprint density at radius 1 is 1.23 bits per heavy atom. The Labute approximate surface area is 84.4 Å². The smallest absolute Gasteiger partial charge is 0.133 e. The van der Waals surface area contributed by atoms with Gasteiger partial charge < -0.3 is 4.98 Å². The lowest BCUT2D eigenvalue weighted by molar-refractivity contribution is 0.742. The van der Waals surface area contributed by atoms with Gasteiger partial charge in [0.25, 0.3) is 0 Å². The van der Waals surface area contributed by atoms with Crippen LogP contribution in [0, 0.1) is 4.64 Å². The summed E-state index contributed by atoms with van der Waals surface area (Å²) in [5, 5.41) is 0. The first-order valence-electron chi connectivity index (χ1n) is 4.61. The summed E-state index contributed by atoms with van der Waals surface area (Å²) in [5.74, 6) is 0.914. The SMILES string of the molecule is CC(C)c1[nH]cnc(=S)c1C(C)C. The van der Waals surface area contributed by atoms with Crippen LogP contribution in [0.5, 0.6) is 0 Å². The van der Waals surface area contributed by atoms with Gasteiger partial charge in [-0.05, 0) is 11.8 Å². The third-order valence-electron chi connectivity index (χ3n) is 2.08. The highest BCUT2D eigenvalue weighted by Gasteiger charge is 2.11. The highest BCUT2D eigenvalue weighted by atomic mass is 32.1. The Morgan fingerprint density at radius 3 is 2.23 bits per heavy atom. The van der Waals surface area contributed by atoms with Crippen molar-refractivity contribution < 1.29 is 0 Å². The lowest BCUT2D eigenvalue weighted by atomic mass is 9.97. The number of hydrogen-bond donors (Lipinski definition) is 1. The lowest BCUT2D eigenvalue weighted by Crippen LogP contribution is -2.03. The molecule has 0 radical (unpaired) electrons. The number of nitrogens with one attached hydrogen (secondary N) is 1. The number of H-pyrrole nitrogens is 1. The molecular weight excluding hydrogens is 180 g/mol. The molecule has 1 aromatic rings. The van der Waals surface area contributed by atoms with Crippen molar-refractivity contribution in [3.8, 4) is 0 Å². The molecule has 0 aliphatic carbocycles. The van der Waals surface area contributed by atoms with Crippen LogP contribution in [0.2, 0.25) is 0 Å². The van der Waals surface area contributed by atoms with Gasteiger partial charge in [0.1, 0.15) is 4.64 Å². The maximum Gasteiger partial charge on any atom is 0.133 e. The molecule has 1 heterocycles. The molecule has 1 N–H and O–H groups in total. The Kier molecular flexibility index (Phi) is 3.20. The minimum Gasteiger partial charge on any atom is -0.349 e. The summed E-state index contributed by atoms with van der Waals surface area (Å²) in [5.41, 5.74) is 2.41. The summed E-state index contributed by atoms with van der Waals surface area (Å²) in [6, 6.07) is 0. The van der Waals surface area contributed by atoms with E-state index in [1.165, 1.54) is 11.3 Å². The van der Waals surface area contributed by atoms with Crippen molar-refractivity contribution in [2.24, 2.45) is 0 Å². The molecular formula is C10H16N2S. The molecule has 72 valence electrons. The van der Waals surface area contributed by atoms with Gasteiger partial charge in [-0.1, -0.05) is 39.9 Å². The molecule has 0 spiro atoms. The fourth-order valence-electron chi connectivity index (χ4n) is 1.46. The van der Waals surface area contributed by atoms with Gasteiger partial charge in [-0.2, -0.15) is 0 Å². The molecule has 0 amide bonds. The van der Waals surface area contributed by atoms with Crippen molar-refractivity contribution >= 4 is 12.2 Å². The van der Waals surface area contributed by atoms with Crippen LogP contribution >= 0.6 is 12.2 Å². The van der Waals surface area contributed by atoms with Crippen LogP contribution in [-0.4, -0.2) is 9.97 Å². The third-order valence-corrected chi connectivity index (χ3v) is 2.40. The van der Waals surface area contributed by atoms with Crippen LogP contribution in [0.15, 0.2) is 6.33 Å². The fourth-order valence-corrected chi connectivity index (χ4v) is 1.86. The fraction of sp³-hybridized carbons (Fsp3) is 0.600. The first-order valence-corrected chi connectivity index (χ1v) is 5.02. The van der Waals surface area contributed by atoms with Gasteiger partial charge in [-0.25, -0.2) is 4.98 Å². The second-order valence-corrected chi connectivity index (χ2v) is 4.23. The van der Waals surface area contributed by atoms with Gasteiger partial charge in [-0.15, -0.1) is 0 Å². The predicted molar refractivity (Wildman–Crippen MR) is 57.6 cm³/mol. The van der Waals surface area contributed by atoms with E-state index in [-0.39, 0.29) is 0 Å². The van der Waals surface area contributed by atoms with Crippen molar-refractivity contribution in [2.75, 3.05) is 0 Å². The third kappa shape index (κ3) is 2.15. The van der Waals surface area contributed by atoms with Crippen molar-refractivity contribution in [3.05, 3.63) is 22.2 Å². The highest BCUT2D eigenvalue weighted by Crippen LogP contribution is 2.23. The van der Waals surface area contributed by atoms with Crippen LogP contribution in [0.25, 0.3) is 0 Å². The van der Waals surface area contributed by atoms with E-state index in [4.69, 9.17) is 12.2 Å². The van der Waals surface area contributed by atoms with Crippen LogP contribution in [0.3, 0.4) is 0 Å². The molecule has 1 aromatic heterocycles. The molecule has 0 aromatic carbocycles. The van der Waals surface area contributed by atoms with Crippen molar-refractivity contribution in [1.82, 2.24) is 9.97 Å². The number of hydrogen-bond acceptors (Lipinski definition) is 2. The second-order valence-electron chi connectivity index (χ2n) is 3.84. The van der Waals surface area contributed by atoms with Gasteiger partial charge in [-0.3, -0.25) is 0 Å². The van der Waals surface area contributed by atoms with E-state index in [0.717, 1.165) is 4.64 Å². The van der Waals surface area contributed by atoms with E-state index >= 15 is 0 Å². The summed E-state index contributed by atoms with van der Waals surface area (Å²) in [4.78, 5) is 7.28. The van der Waals surface area contributed by atoms with Crippen molar-refractivity contribution in [2.45, 2.75) is 39.5 Å². The monoisotopic (exact) mass is 196 g/mol. The molecule has 0 saturated heterocycles. The molecule has 0 fully saturated rings. The minimum atomic E-state index is 0.440. The number of rotatable bonds is 2. The van der Waals surface area contributed by atoms with Crippen LogP contribution in [-0.2, 0) is 0 Å². The normalized spacial score (nSPS) is 11.2. The molecule has 0 unspecified atom stereocenters. The molecule has 3 heteroatoms. The van der Waals surface area contributed by atoms with E-state index in [9.17, 15) is 0 Å². The average molecular weight is 196 g/mol. The molecule has 0 aliphatic heterocycles. The van der Waals surface area contributed by atoms with Gasteiger partial charge in [0.15, 0.2) is 0 Å². The van der Waals surface area contributed by atoms with Crippen molar-refractivity contribution in [3.63, 3.8) is 0 Å². The first-order chi connectivity index (χ1) is 6.04. The zero-order valence-corrected chi connectivity index (χ0v) is 9.40. The maximum absolute atomic E-state index is 5.20. The number of aromatic amines is 1. The summed E-state index contributed by atoms with van der Waals surface area (Å²) < 4.78 is 0.734.